The number of rotatable bonds is 5. The van der Waals surface area contributed by atoms with Gasteiger partial charge in [0.25, 0.3) is 5.91 Å². The topological polar surface area (TPSA) is 104 Å². The van der Waals surface area contributed by atoms with Crippen LogP contribution in [0.3, 0.4) is 0 Å². The second-order valence-electron chi connectivity index (χ2n) is 3.47. The molecule has 0 aliphatic carbocycles. The minimum absolute atomic E-state index is 0.205. The number of aliphatic carboxylic acids is 2. The molecule has 1 amide bonds. The maximum Gasteiger partial charge on any atom is 0.326 e. The normalized spacial score (nSPS) is 11.6. The van der Waals surface area contributed by atoms with Gasteiger partial charge < -0.3 is 15.5 Å². The molecular formula is C11H10ClNO5. The zero-order chi connectivity index (χ0) is 13.7. The molecule has 0 saturated carbocycles. The minimum Gasteiger partial charge on any atom is -0.481 e. The quantitative estimate of drug-likeness (QED) is 0.741. The standard InChI is InChI=1S/C11H10ClNO5/c12-7-3-1-6(2-4-7)10(16)13-8(11(17)18)5-9(14)15/h1-4,8H,5H2,(H,13,16)(H,14,15)(H,17,18). The molecule has 0 aliphatic rings. The van der Waals surface area contributed by atoms with Gasteiger partial charge in [-0.2, -0.15) is 0 Å². The van der Waals surface area contributed by atoms with Crippen LogP contribution in [0.5, 0.6) is 0 Å². The highest BCUT2D eigenvalue weighted by molar-refractivity contribution is 6.30. The lowest BCUT2D eigenvalue weighted by molar-refractivity contribution is -0.145. The van der Waals surface area contributed by atoms with Crippen molar-refractivity contribution in [3.63, 3.8) is 0 Å². The fourth-order valence-corrected chi connectivity index (χ4v) is 1.34. The van der Waals surface area contributed by atoms with Gasteiger partial charge in [-0.15, -0.1) is 0 Å². The van der Waals surface area contributed by atoms with Crippen LogP contribution >= 0.6 is 11.6 Å². The monoisotopic (exact) mass is 271 g/mol. The Morgan fingerprint density at radius 1 is 1.17 bits per heavy atom. The summed E-state index contributed by atoms with van der Waals surface area (Å²) < 4.78 is 0. The summed E-state index contributed by atoms with van der Waals surface area (Å²) in [7, 11) is 0. The van der Waals surface area contributed by atoms with E-state index in [1.54, 1.807) is 0 Å². The Balaban J connectivity index is 2.75. The molecule has 1 unspecified atom stereocenters. The van der Waals surface area contributed by atoms with Crippen LogP contribution in [0.15, 0.2) is 24.3 Å². The molecule has 0 aliphatic heterocycles. The molecule has 7 heteroatoms. The smallest absolute Gasteiger partial charge is 0.326 e. The Kier molecular flexibility index (Phi) is 4.67. The van der Waals surface area contributed by atoms with Gasteiger partial charge in [-0.05, 0) is 24.3 Å². The van der Waals surface area contributed by atoms with Crippen molar-refractivity contribution in [2.75, 3.05) is 0 Å². The molecule has 1 aromatic carbocycles. The zero-order valence-electron chi connectivity index (χ0n) is 9.09. The van der Waals surface area contributed by atoms with Crippen LogP contribution in [0.2, 0.25) is 5.02 Å². The molecule has 6 nitrogen and oxygen atoms in total. The maximum atomic E-state index is 11.6. The number of benzene rings is 1. The fraction of sp³-hybridized carbons (Fsp3) is 0.182. The predicted molar refractivity (Wildman–Crippen MR) is 62.6 cm³/mol. The summed E-state index contributed by atoms with van der Waals surface area (Å²) in [6, 6.07) is 4.31. The summed E-state index contributed by atoms with van der Waals surface area (Å²) in [5.74, 6) is -3.38. The lowest BCUT2D eigenvalue weighted by Gasteiger charge is -2.12. The highest BCUT2D eigenvalue weighted by Gasteiger charge is 2.23. The van der Waals surface area contributed by atoms with Crippen molar-refractivity contribution >= 4 is 29.4 Å². The summed E-state index contributed by atoms with van der Waals surface area (Å²) in [5.41, 5.74) is 0.205. The van der Waals surface area contributed by atoms with E-state index in [0.717, 1.165) is 0 Å². The Morgan fingerprint density at radius 2 is 1.72 bits per heavy atom. The van der Waals surface area contributed by atoms with E-state index in [2.05, 4.69) is 5.32 Å². The van der Waals surface area contributed by atoms with Gasteiger partial charge in [0.1, 0.15) is 6.04 Å². The molecule has 0 saturated heterocycles. The van der Waals surface area contributed by atoms with E-state index in [4.69, 9.17) is 21.8 Å². The number of halogens is 1. The number of hydrogen-bond donors (Lipinski definition) is 3. The van der Waals surface area contributed by atoms with E-state index in [1.807, 2.05) is 0 Å². The molecule has 0 aromatic heterocycles. The average molecular weight is 272 g/mol. The summed E-state index contributed by atoms with van der Waals surface area (Å²) in [5, 5.41) is 19.8. The van der Waals surface area contributed by atoms with Gasteiger partial charge in [-0.25, -0.2) is 4.79 Å². The molecule has 18 heavy (non-hydrogen) atoms. The number of nitrogens with one attached hydrogen (secondary N) is 1. The molecule has 0 bridgehead atoms. The van der Waals surface area contributed by atoms with Crippen molar-refractivity contribution in [3.05, 3.63) is 34.9 Å². The minimum atomic E-state index is -1.47. The van der Waals surface area contributed by atoms with Crippen LogP contribution in [0.4, 0.5) is 0 Å². The third kappa shape index (κ3) is 4.06. The molecule has 0 fully saturated rings. The van der Waals surface area contributed by atoms with Crippen LogP contribution in [-0.4, -0.2) is 34.1 Å². The molecule has 1 atom stereocenters. The van der Waals surface area contributed by atoms with E-state index in [0.29, 0.717) is 5.02 Å². The number of carbonyl (C=O) groups is 3. The molecule has 1 rings (SSSR count). The molecule has 1 aromatic rings. The average Bonchev–Trinajstić information content (AvgIpc) is 2.28. The Morgan fingerprint density at radius 3 is 2.17 bits per heavy atom. The van der Waals surface area contributed by atoms with Crippen LogP contribution in [0.1, 0.15) is 16.8 Å². The SMILES string of the molecule is O=C(O)CC(NC(=O)c1ccc(Cl)cc1)C(=O)O. The number of amides is 1. The highest BCUT2D eigenvalue weighted by Crippen LogP contribution is 2.09. The maximum absolute atomic E-state index is 11.6. The van der Waals surface area contributed by atoms with Crippen molar-refractivity contribution in [2.45, 2.75) is 12.5 Å². The summed E-state index contributed by atoms with van der Waals surface area (Å²) in [6.45, 7) is 0. The van der Waals surface area contributed by atoms with Crippen molar-refractivity contribution in [3.8, 4) is 0 Å². The van der Waals surface area contributed by atoms with Crippen LogP contribution in [0, 0.1) is 0 Å². The molecular weight excluding hydrogens is 262 g/mol. The van der Waals surface area contributed by atoms with Crippen LogP contribution in [0.25, 0.3) is 0 Å². The van der Waals surface area contributed by atoms with Gasteiger partial charge in [-0.3, -0.25) is 9.59 Å². The van der Waals surface area contributed by atoms with Crippen molar-refractivity contribution < 1.29 is 24.6 Å². The summed E-state index contributed by atoms with van der Waals surface area (Å²) >= 11 is 5.64. The third-order valence-corrected chi connectivity index (χ3v) is 2.34. The van der Waals surface area contributed by atoms with Crippen molar-refractivity contribution in [1.82, 2.24) is 5.32 Å². The first kappa shape index (κ1) is 14.0. The highest BCUT2D eigenvalue weighted by atomic mass is 35.5. The van der Waals surface area contributed by atoms with Gasteiger partial charge in [0.15, 0.2) is 0 Å². The molecule has 0 spiro atoms. The lowest BCUT2D eigenvalue weighted by atomic mass is 10.1. The number of carbonyl (C=O) groups excluding carboxylic acids is 1. The fourth-order valence-electron chi connectivity index (χ4n) is 1.22. The van der Waals surface area contributed by atoms with E-state index < -0.39 is 30.3 Å². The predicted octanol–water partition coefficient (Wildman–Crippen LogP) is 0.998. The lowest BCUT2D eigenvalue weighted by Crippen LogP contribution is -2.42. The molecule has 3 N–H and O–H groups in total. The molecule has 0 radical (unpaired) electrons. The second kappa shape index (κ2) is 6.02. The van der Waals surface area contributed by atoms with Gasteiger partial charge in [-0.1, -0.05) is 11.6 Å². The Bertz CT molecular complexity index is 471. The number of hydrogen-bond acceptors (Lipinski definition) is 3. The van der Waals surface area contributed by atoms with Crippen molar-refractivity contribution in [2.24, 2.45) is 0 Å². The first-order chi connectivity index (χ1) is 8.40. The van der Waals surface area contributed by atoms with Gasteiger partial charge in [0.05, 0.1) is 6.42 Å². The van der Waals surface area contributed by atoms with Crippen molar-refractivity contribution in [1.29, 1.82) is 0 Å². The summed E-state index contributed by atoms with van der Waals surface area (Å²) in [4.78, 5) is 32.8. The van der Waals surface area contributed by atoms with Crippen LogP contribution < -0.4 is 5.32 Å². The largest absolute Gasteiger partial charge is 0.481 e. The van der Waals surface area contributed by atoms with E-state index in [1.165, 1.54) is 24.3 Å². The van der Waals surface area contributed by atoms with E-state index in [-0.39, 0.29) is 5.56 Å². The Hall–Kier alpha value is -2.08. The second-order valence-corrected chi connectivity index (χ2v) is 3.91. The third-order valence-electron chi connectivity index (χ3n) is 2.09. The Labute approximate surface area is 107 Å². The van der Waals surface area contributed by atoms with Gasteiger partial charge in [0, 0.05) is 10.6 Å². The van der Waals surface area contributed by atoms with Crippen LogP contribution in [-0.2, 0) is 9.59 Å². The zero-order valence-corrected chi connectivity index (χ0v) is 9.85. The molecule has 96 valence electrons. The van der Waals surface area contributed by atoms with E-state index >= 15 is 0 Å². The summed E-state index contributed by atoms with van der Waals surface area (Å²) in [6.07, 6.45) is -0.686. The first-order valence-corrected chi connectivity index (χ1v) is 5.29. The first-order valence-electron chi connectivity index (χ1n) is 4.91. The number of carboxylic acid groups (broad SMARTS) is 2. The van der Waals surface area contributed by atoms with Gasteiger partial charge >= 0.3 is 11.9 Å². The molecule has 0 heterocycles. The van der Waals surface area contributed by atoms with E-state index in [9.17, 15) is 14.4 Å². The number of carboxylic acids is 2. The van der Waals surface area contributed by atoms with Gasteiger partial charge in [0.2, 0.25) is 0 Å².